The molecule has 0 aliphatic rings. The lowest BCUT2D eigenvalue weighted by molar-refractivity contribution is 0.586. The fourth-order valence-electron chi connectivity index (χ4n) is 1.73. The van der Waals surface area contributed by atoms with Gasteiger partial charge in [-0.25, -0.2) is 13.2 Å². The van der Waals surface area contributed by atoms with Crippen LogP contribution in [0.1, 0.15) is 5.56 Å². The van der Waals surface area contributed by atoms with Crippen molar-refractivity contribution in [1.29, 1.82) is 0 Å². The number of hydrogen-bond acceptors (Lipinski definition) is 1. The summed E-state index contributed by atoms with van der Waals surface area (Å²) in [5.41, 5.74) is 1.07. The number of rotatable bonds is 4. The molecule has 110 valence electrons. The molecule has 0 radical (unpaired) electrons. The largest absolute Gasteiger partial charge is 0.362 e. The molecule has 0 unspecified atom stereocenters. The molecule has 2 nitrogen and oxygen atoms in total. The Bertz CT molecular complexity index is 629. The highest BCUT2D eigenvalue weighted by atomic mass is 32.1. The van der Waals surface area contributed by atoms with Crippen molar-refractivity contribution in [3.05, 3.63) is 65.5 Å². The summed E-state index contributed by atoms with van der Waals surface area (Å²) in [7, 11) is 0. The first-order chi connectivity index (χ1) is 10.0. The highest BCUT2D eigenvalue weighted by Crippen LogP contribution is 2.14. The first-order valence-corrected chi connectivity index (χ1v) is 6.70. The molecular weight excluding hydrogens is 297 g/mol. The summed E-state index contributed by atoms with van der Waals surface area (Å²) in [5.74, 6) is -1.64. The molecule has 2 aromatic carbocycles. The molecule has 0 bridgehead atoms. The van der Waals surface area contributed by atoms with Crippen LogP contribution in [-0.4, -0.2) is 11.7 Å². The average Bonchev–Trinajstić information content (AvgIpc) is 2.44. The Labute approximate surface area is 126 Å². The van der Waals surface area contributed by atoms with Gasteiger partial charge >= 0.3 is 0 Å². The first-order valence-electron chi connectivity index (χ1n) is 6.29. The van der Waals surface area contributed by atoms with Crippen LogP contribution in [0.15, 0.2) is 42.5 Å². The second-order valence-corrected chi connectivity index (χ2v) is 4.79. The van der Waals surface area contributed by atoms with Crippen LogP contribution in [0.2, 0.25) is 0 Å². The van der Waals surface area contributed by atoms with E-state index in [9.17, 15) is 13.2 Å². The van der Waals surface area contributed by atoms with Gasteiger partial charge in [0.25, 0.3) is 0 Å². The standard InChI is InChI=1S/C15H13F3N2S/c16-11-3-1-10(2-4-11)7-8-19-15(21)20-14-6-5-12(17)9-13(14)18/h1-6,9H,7-8H2,(H2,19,20,21). The molecule has 0 aliphatic carbocycles. The summed E-state index contributed by atoms with van der Waals surface area (Å²) in [6, 6.07) is 9.36. The van der Waals surface area contributed by atoms with Crippen LogP contribution in [0.25, 0.3) is 0 Å². The van der Waals surface area contributed by atoms with Crippen LogP contribution in [0.4, 0.5) is 18.9 Å². The SMILES string of the molecule is Fc1ccc(CCNC(=S)Nc2ccc(F)cc2F)cc1. The van der Waals surface area contributed by atoms with E-state index in [1.165, 1.54) is 18.2 Å². The van der Waals surface area contributed by atoms with Gasteiger partial charge < -0.3 is 10.6 Å². The lowest BCUT2D eigenvalue weighted by Crippen LogP contribution is -2.30. The van der Waals surface area contributed by atoms with Crippen molar-refractivity contribution < 1.29 is 13.2 Å². The highest BCUT2D eigenvalue weighted by molar-refractivity contribution is 7.80. The quantitative estimate of drug-likeness (QED) is 0.843. The Morgan fingerprint density at radius 3 is 2.29 bits per heavy atom. The van der Waals surface area contributed by atoms with Gasteiger partial charge in [0.2, 0.25) is 0 Å². The minimum atomic E-state index is -0.710. The van der Waals surface area contributed by atoms with E-state index in [0.717, 1.165) is 17.7 Å². The Morgan fingerprint density at radius 1 is 0.952 bits per heavy atom. The molecule has 0 amide bonds. The summed E-state index contributed by atoms with van der Waals surface area (Å²) >= 11 is 5.02. The van der Waals surface area contributed by atoms with Crippen LogP contribution >= 0.6 is 12.2 Å². The molecule has 0 fully saturated rings. The minimum absolute atomic E-state index is 0.107. The second kappa shape index (κ2) is 7.08. The molecule has 0 aromatic heterocycles. The smallest absolute Gasteiger partial charge is 0.170 e. The van der Waals surface area contributed by atoms with E-state index in [1.54, 1.807) is 12.1 Å². The molecule has 0 atom stereocenters. The summed E-state index contributed by atoms with van der Waals surface area (Å²) in [5, 5.41) is 5.79. The third-order valence-electron chi connectivity index (χ3n) is 2.79. The van der Waals surface area contributed by atoms with Gasteiger partial charge in [0.15, 0.2) is 5.11 Å². The summed E-state index contributed by atoms with van der Waals surface area (Å²) < 4.78 is 38.9. The molecule has 0 aliphatic heterocycles. The fraction of sp³-hybridized carbons (Fsp3) is 0.133. The molecular formula is C15H13F3N2S. The van der Waals surface area contributed by atoms with E-state index in [1.807, 2.05) is 0 Å². The van der Waals surface area contributed by atoms with Crippen molar-refractivity contribution in [2.24, 2.45) is 0 Å². The minimum Gasteiger partial charge on any atom is -0.362 e. The van der Waals surface area contributed by atoms with Crippen LogP contribution < -0.4 is 10.6 Å². The Morgan fingerprint density at radius 2 is 1.62 bits per heavy atom. The lowest BCUT2D eigenvalue weighted by Gasteiger charge is -2.11. The zero-order valence-corrected chi connectivity index (χ0v) is 11.8. The molecule has 0 heterocycles. The molecule has 2 rings (SSSR count). The molecule has 0 spiro atoms. The van der Waals surface area contributed by atoms with Crippen LogP contribution in [0.3, 0.4) is 0 Å². The Balaban J connectivity index is 1.81. The van der Waals surface area contributed by atoms with Crippen LogP contribution in [0.5, 0.6) is 0 Å². The van der Waals surface area contributed by atoms with E-state index in [0.29, 0.717) is 13.0 Å². The Hall–Kier alpha value is -2.08. The van der Waals surface area contributed by atoms with Gasteiger partial charge in [0.1, 0.15) is 17.5 Å². The van der Waals surface area contributed by atoms with Gasteiger partial charge in [-0.05, 0) is 48.5 Å². The zero-order chi connectivity index (χ0) is 15.2. The van der Waals surface area contributed by atoms with Crippen LogP contribution in [-0.2, 0) is 6.42 Å². The lowest BCUT2D eigenvalue weighted by atomic mass is 10.1. The van der Waals surface area contributed by atoms with Gasteiger partial charge in [-0.15, -0.1) is 0 Å². The average molecular weight is 310 g/mol. The van der Waals surface area contributed by atoms with Gasteiger partial charge in [-0.1, -0.05) is 12.1 Å². The van der Waals surface area contributed by atoms with E-state index < -0.39 is 11.6 Å². The molecule has 21 heavy (non-hydrogen) atoms. The number of halogens is 3. The van der Waals surface area contributed by atoms with Crippen molar-refractivity contribution in [1.82, 2.24) is 5.32 Å². The topological polar surface area (TPSA) is 24.1 Å². The predicted octanol–water partition coefficient (Wildman–Crippen LogP) is 3.63. The number of hydrogen-bond donors (Lipinski definition) is 2. The molecule has 6 heteroatoms. The Kier molecular flexibility index (Phi) is 5.16. The second-order valence-electron chi connectivity index (χ2n) is 4.38. The van der Waals surface area contributed by atoms with Gasteiger partial charge in [-0.3, -0.25) is 0 Å². The third kappa shape index (κ3) is 4.75. The summed E-state index contributed by atoms with van der Waals surface area (Å²) in [4.78, 5) is 0. The molecule has 0 saturated heterocycles. The van der Waals surface area contributed by atoms with Crippen molar-refractivity contribution >= 4 is 23.0 Å². The molecule has 2 aromatic rings. The maximum atomic E-state index is 13.4. The maximum absolute atomic E-state index is 13.4. The number of nitrogens with one attached hydrogen (secondary N) is 2. The number of benzene rings is 2. The highest BCUT2D eigenvalue weighted by Gasteiger charge is 2.05. The summed E-state index contributed by atoms with van der Waals surface area (Å²) in [6.45, 7) is 0.514. The van der Waals surface area contributed by atoms with Gasteiger partial charge in [0, 0.05) is 12.6 Å². The van der Waals surface area contributed by atoms with Crippen molar-refractivity contribution in [3.63, 3.8) is 0 Å². The monoisotopic (exact) mass is 310 g/mol. The number of thiocarbonyl (C=S) groups is 1. The molecule has 0 saturated carbocycles. The van der Waals surface area contributed by atoms with E-state index in [4.69, 9.17) is 12.2 Å². The van der Waals surface area contributed by atoms with Crippen LogP contribution in [0, 0.1) is 17.5 Å². The summed E-state index contributed by atoms with van der Waals surface area (Å²) in [6.07, 6.45) is 0.647. The number of anilines is 1. The van der Waals surface area contributed by atoms with Crippen molar-refractivity contribution in [2.75, 3.05) is 11.9 Å². The zero-order valence-electron chi connectivity index (χ0n) is 11.0. The van der Waals surface area contributed by atoms with E-state index >= 15 is 0 Å². The predicted molar refractivity (Wildman–Crippen MR) is 80.7 cm³/mol. The van der Waals surface area contributed by atoms with Crippen molar-refractivity contribution in [2.45, 2.75) is 6.42 Å². The maximum Gasteiger partial charge on any atom is 0.170 e. The van der Waals surface area contributed by atoms with E-state index in [-0.39, 0.29) is 16.6 Å². The van der Waals surface area contributed by atoms with Gasteiger partial charge in [-0.2, -0.15) is 0 Å². The van der Waals surface area contributed by atoms with Gasteiger partial charge in [0.05, 0.1) is 5.69 Å². The third-order valence-corrected chi connectivity index (χ3v) is 3.04. The first kappa shape index (κ1) is 15.3. The van der Waals surface area contributed by atoms with Crippen molar-refractivity contribution in [3.8, 4) is 0 Å². The normalized spacial score (nSPS) is 10.2. The fourth-order valence-corrected chi connectivity index (χ4v) is 1.94. The van der Waals surface area contributed by atoms with E-state index in [2.05, 4.69) is 10.6 Å². The molecule has 2 N–H and O–H groups in total.